The summed E-state index contributed by atoms with van der Waals surface area (Å²) in [5.41, 5.74) is -0.295. The van der Waals surface area contributed by atoms with Gasteiger partial charge in [-0.2, -0.15) is 0 Å². The van der Waals surface area contributed by atoms with Gasteiger partial charge in [-0.15, -0.1) is 0 Å². The van der Waals surface area contributed by atoms with Crippen molar-refractivity contribution in [3.63, 3.8) is 0 Å². The molecule has 0 saturated heterocycles. The summed E-state index contributed by atoms with van der Waals surface area (Å²) in [5, 5.41) is 0. The van der Waals surface area contributed by atoms with Crippen LogP contribution in [0.25, 0.3) is 5.57 Å². The van der Waals surface area contributed by atoms with E-state index in [9.17, 15) is 13.2 Å². The summed E-state index contributed by atoms with van der Waals surface area (Å²) in [7, 11) is 0. The third-order valence-electron chi connectivity index (χ3n) is 2.18. The number of allylic oxidation sites excluding steroid dienone is 1. The highest BCUT2D eigenvalue weighted by Gasteiger charge is 2.20. The van der Waals surface area contributed by atoms with Gasteiger partial charge in [0.25, 0.3) is 0 Å². The Hall–Kier alpha value is -1.25. The predicted molar refractivity (Wildman–Crippen MR) is 50.5 cm³/mol. The van der Waals surface area contributed by atoms with Crippen LogP contribution in [0.4, 0.5) is 13.2 Å². The van der Waals surface area contributed by atoms with E-state index in [0.717, 1.165) is 0 Å². The zero-order valence-electron chi connectivity index (χ0n) is 8.34. The van der Waals surface area contributed by atoms with Crippen molar-refractivity contribution in [1.29, 1.82) is 0 Å². The van der Waals surface area contributed by atoms with Crippen molar-refractivity contribution in [2.24, 2.45) is 0 Å². The number of hydrogen-bond donors (Lipinski definition) is 0. The minimum absolute atomic E-state index is 0.165. The van der Waals surface area contributed by atoms with Crippen molar-refractivity contribution in [1.82, 2.24) is 0 Å². The Bertz CT molecular complexity index is 376. The van der Waals surface area contributed by atoms with E-state index < -0.39 is 17.5 Å². The summed E-state index contributed by atoms with van der Waals surface area (Å²) in [6.07, 6.45) is 0. The maximum atomic E-state index is 13.4. The lowest BCUT2D eigenvalue weighted by molar-refractivity contribution is 0.518. The topological polar surface area (TPSA) is 0 Å². The molecule has 3 heteroatoms. The van der Waals surface area contributed by atoms with Crippen LogP contribution in [0.3, 0.4) is 0 Å². The first-order chi connectivity index (χ1) is 6.37. The molecular weight excluding hydrogens is 189 g/mol. The first kappa shape index (κ1) is 10.8. The summed E-state index contributed by atoms with van der Waals surface area (Å²) in [6, 6.07) is 0. The van der Waals surface area contributed by atoms with Crippen LogP contribution < -0.4 is 0 Å². The number of hydrogen-bond acceptors (Lipinski definition) is 0. The molecule has 14 heavy (non-hydrogen) atoms. The van der Waals surface area contributed by atoms with Crippen LogP contribution in [-0.2, 0) is 0 Å². The molecule has 0 aromatic heterocycles. The van der Waals surface area contributed by atoms with E-state index in [0.29, 0.717) is 0 Å². The van der Waals surface area contributed by atoms with Gasteiger partial charge in [-0.3, -0.25) is 0 Å². The van der Waals surface area contributed by atoms with Gasteiger partial charge >= 0.3 is 0 Å². The lowest BCUT2D eigenvalue weighted by Crippen LogP contribution is -2.03. The SMILES string of the molecule is C=C(C)c1c(F)c(C)c(F)c(C)c1F. The summed E-state index contributed by atoms with van der Waals surface area (Å²) in [6.45, 7) is 7.50. The average molecular weight is 200 g/mol. The number of rotatable bonds is 1. The minimum Gasteiger partial charge on any atom is -0.206 e. The van der Waals surface area contributed by atoms with Crippen LogP contribution in [-0.4, -0.2) is 0 Å². The molecule has 0 atom stereocenters. The van der Waals surface area contributed by atoms with Crippen molar-refractivity contribution >= 4 is 5.57 Å². The Morgan fingerprint density at radius 2 is 1.29 bits per heavy atom. The minimum atomic E-state index is -0.863. The molecule has 0 aliphatic heterocycles. The molecule has 1 aromatic rings. The fourth-order valence-corrected chi connectivity index (χ4v) is 1.32. The van der Waals surface area contributed by atoms with Crippen molar-refractivity contribution in [3.05, 3.63) is 40.7 Å². The van der Waals surface area contributed by atoms with Gasteiger partial charge in [-0.25, -0.2) is 13.2 Å². The molecule has 0 saturated carbocycles. The quantitative estimate of drug-likeness (QED) is 0.647. The van der Waals surface area contributed by atoms with E-state index in [1.165, 1.54) is 20.8 Å². The summed E-state index contributed by atoms with van der Waals surface area (Å²) in [5.74, 6) is -2.55. The summed E-state index contributed by atoms with van der Waals surface area (Å²) >= 11 is 0. The van der Waals surface area contributed by atoms with Gasteiger partial charge < -0.3 is 0 Å². The van der Waals surface area contributed by atoms with E-state index in [1.54, 1.807) is 0 Å². The molecule has 1 rings (SSSR count). The molecule has 0 bridgehead atoms. The maximum Gasteiger partial charge on any atom is 0.139 e. The highest BCUT2D eigenvalue weighted by molar-refractivity contribution is 5.64. The Labute approximate surface area is 81.1 Å². The van der Waals surface area contributed by atoms with Gasteiger partial charge in [0.1, 0.15) is 17.5 Å². The van der Waals surface area contributed by atoms with Crippen LogP contribution >= 0.6 is 0 Å². The second-order valence-electron chi connectivity index (χ2n) is 3.35. The van der Waals surface area contributed by atoms with Crippen LogP contribution in [0.15, 0.2) is 6.58 Å². The molecule has 76 valence electrons. The van der Waals surface area contributed by atoms with Gasteiger partial charge in [-0.05, 0) is 26.3 Å². The lowest BCUT2D eigenvalue weighted by atomic mass is 10.00. The summed E-state index contributed by atoms with van der Waals surface area (Å²) in [4.78, 5) is 0. The molecule has 0 aliphatic carbocycles. The highest BCUT2D eigenvalue weighted by atomic mass is 19.1. The van der Waals surface area contributed by atoms with E-state index >= 15 is 0 Å². The van der Waals surface area contributed by atoms with E-state index in [-0.39, 0.29) is 22.3 Å². The van der Waals surface area contributed by atoms with Gasteiger partial charge in [-0.1, -0.05) is 6.58 Å². The zero-order valence-corrected chi connectivity index (χ0v) is 8.34. The first-order valence-electron chi connectivity index (χ1n) is 4.17. The standard InChI is InChI=1S/C11H11F3/c1-5(2)8-10(13)6(3)9(12)7(4)11(8)14/h1H2,2-4H3. The fourth-order valence-electron chi connectivity index (χ4n) is 1.32. The third-order valence-corrected chi connectivity index (χ3v) is 2.18. The Morgan fingerprint density at radius 1 is 0.929 bits per heavy atom. The monoisotopic (exact) mass is 200 g/mol. The second-order valence-corrected chi connectivity index (χ2v) is 3.35. The normalized spacial score (nSPS) is 10.4. The highest BCUT2D eigenvalue weighted by Crippen LogP contribution is 2.27. The number of halogens is 3. The van der Waals surface area contributed by atoms with Crippen LogP contribution in [0.5, 0.6) is 0 Å². The predicted octanol–water partition coefficient (Wildman–Crippen LogP) is 3.75. The fraction of sp³-hybridized carbons (Fsp3) is 0.273. The molecule has 0 spiro atoms. The van der Waals surface area contributed by atoms with Gasteiger partial charge in [0.05, 0.1) is 0 Å². The number of benzene rings is 1. The molecule has 0 N–H and O–H groups in total. The Kier molecular flexibility index (Phi) is 2.69. The van der Waals surface area contributed by atoms with Crippen molar-refractivity contribution in [2.75, 3.05) is 0 Å². The molecule has 0 heterocycles. The van der Waals surface area contributed by atoms with Crippen molar-refractivity contribution in [2.45, 2.75) is 20.8 Å². The molecule has 0 nitrogen and oxygen atoms in total. The molecule has 0 fully saturated rings. The Morgan fingerprint density at radius 3 is 1.57 bits per heavy atom. The average Bonchev–Trinajstić information content (AvgIpc) is 2.11. The molecular formula is C11H11F3. The van der Waals surface area contributed by atoms with Gasteiger partial charge in [0.15, 0.2) is 0 Å². The van der Waals surface area contributed by atoms with Crippen LogP contribution in [0, 0.1) is 31.3 Å². The molecule has 0 amide bonds. The van der Waals surface area contributed by atoms with E-state index in [4.69, 9.17) is 0 Å². The largest absolute Gasteiger partial charge is 0.206 e. The maximum absolute atomic E-state index is 13.4. The van der Waals surface area contributed by atoms with E-state index in [1.807, 2.05) is 0 Å². The zero-order chi connectivity index (χ0) is 11.0. The molecule has 1 aromatic carbocycles. The second kappa shape index (κ2) is 3.48. The third kappa shape index (κ3) is 1.43. The van der Waals surface area contributed by atoms with Crippen LogP contribution in [0.1, 0.15) is 23.6 Å². The van der Waals surface area contributed by atoms with Gasteiger partial charge in [0.2, 0.25) is 0 Å². The van der Waals surface area contributed by atoms with Crippen molar-refractivity contribution in [3.8, 4) is 0 Å². The van der Waals surface area contributed by atoms with Crippen molar-refractivity contribution < 1.29 is 13.2 Å². The molecule has 0 aliphatic rings. The summed E-state index contributed by atoms with van der Waals surface area (Å²) < 4.78 is 40.0. The smallest absolute Gasteiger partial charge is 0.139 e. The Balaban J connectivity index is 3.68. The van der Waals surface area contributed by atoms with Crippen LogP contribution in [0.2, 0.25) is 0 Å². The van der Waals surface area contributed by atoms with E-state index in [2.05, 4.69) is 6.58 Å². The molecule has 0 unspecified atom stereocenters. The van der Waals surface area contributed by atoms with Gasteiger partial charge in [0, 0.05) is 16.7 Å². The first-order valence-corrected chi connectivity index (χ1v) is 4.17. The molecule has 0 radical (unpaired) electrons. The lowest BCUT2D eigenvalue weighted by Gasteiger charge is -2.10.